The molecule has 0 fully saturated rings. The summed E-state index contributed by atoms with van der Waals surface area (Å²) in [5.74, 6) is 0.380. The fraction of sp³-hybridized carbons (Fsp3) is 0.350. The summed E-state index contributed by atoms with van der Waals surface area (Å²) in [5.41, 5.74) is 8.80. The smallest absolute Gasteiger partial charge is 0.276 e. The topological polar surface area (TPSA) is 85.8 Å². The molecule has 27 heavy (non-hydrogen) atoms. The molecular weight excluding hydrogens is 358 g/mol. The van der Waals surface area contributed by atoms with Crippen LogP contribution in [0.15, 0.2) is 35.7 Å². The van der Waals surface area contributed by atoms with Crippen LogP contribution in [0.1, 0.15) is 47.5 Å². The van der Waals surface area contributed by atoms with Gasteiger partial charge in [-0.2, -0.15) is 5.10 Å². The molecule has 6 nitrogen and oxygen atoms in total. The normalized spacial score (nSPS) is 11.6. The van der Waals surface area contributed by atoms with Crippen LogP contribution in [0.3, 0.4) is 0 Å². The van der Waals surface area contributed by atoms with Gasteiger partial charge in [-0.05, 0) is 25.6 Å². The molecule has 1 aromatic carbocycles. The first-order valence-electron chi connectivity index (χ1n) is 8.91. The van der Waals surface area contributed by atoms with Gasteiger partial charge in [-0.15, -0.1) is 11.3 Å². The van der Waals surface area contributed by atoms with E-state index in [2.05, 4.69) is 31.1 Å². The number of amides is 1. The van der Waals surface area contributed by atoms with E-state index < -0.39 is 0 Å². The maximum atomic E-state index is 12.7. The third-order valence-corrected chi connectivity index (χ3v) is 5.05. The third-order valence-electron chi connectivity index (χ3n) is 4.14. The molecule has 0 atom stereocenters. The van der Waals surface area contributed by atoms with E-state index >= 15 is 0 Å². The summed E-state index contributed by atoms with van der Waals surface area (Å²) in [4.78, 5) is 17.1. The molecule has 2 aromatic heterocycles. The van der Waals surface area contributed by atoms with Crippen LogP contribution in [-0.2, 0) is 11.8 Å². The van der Waals surface area contributed by atoms with Crippen molar-refractivity contribution in [2.45, 2.75) is 39.5 Å². The predicted molar refractivity (Wildman–Crippen MR) is 110 cm³/mol. The number of aromatic nitrogens is 3. The number of carbonyl (C=O) groups is 1. The molecule has 0 aliphatic rings. The molecule has 0 aliphatic heterocycles. The van der Waals surface area contributed by atoms with Gasteiger partial charge in [-0.1, -0.05) is 38.5 Å². The molecule has 3 N–H and O–H groups in total. The number of hydrogen-bond donors (Lipinski definition) is 2. The highest BCUT2D eigenvalue weighted by Gasteiger charge is 2.22. The lowest BCUT2D eigenvalue weighted by Gasteiger charge is -2.14. The van der Waals surface area contributed by atoms with Crippen LogP contribution in [-0.4, -0.2) is 27.2 Å². The standard InChI is InChI=1S/C20H25N5OS/c1-13-5-7-14(8-6-13)25-17(11-16(24-25)20(2,3)4)23-19(26)15-12-27-18(22-15)9-10-21/h5-8,11-12H,9-10,21H2,1-4H3,(H,23,26). The summed E-state index contributed by atoms with van der Waals surface area (Å²) < 4.78 is 1.77. The van der Waals surface area contributed by atoms with E-state index in [4.69, 9.17) is 10.8 Å². The Morgan fingerprint density at radius 1 is 1.26 bits per heavy atom. The first kappa shape index (κ1) is 19.3. The number of benzene rings is 1. The van der Waals surface area contributed by atoms with Gasteiger partial charge in [0.1, 0.15) is 11.5 Å². The van der Waals surface area contributed by atoms with Gasteiger partial charge < -0.3 is 11.1 Å². The van der Waals surface area contributed by atoms with Crippen LogP contribution < -0.4 is 11.1 Å². The molecule has 3 aromatic rings. The van der Waals surface area contributed by atoms with Crippen molar-refractivity contribution >= 4 is 23.1 Å². The number of nitrogens with one attached hydrogen (secondary N) is 1. The molecule has 1 amide bonds. The largest absolute Gasteiger partial charge is 0.330 e. The number of nitrogens with zero attached hydrogens (tertiary/aromatic N) is 3. The SMILES string of the molecule is Cc1ccc(-n2nc(C(C)(C)C)cc2NC(=O)c2csc(CCN)n2)cc1. The zero-order chi connectivity index (χ0) is 19.6. The first-order chi connectivity index (χ1) is 12.8. The second kappa shape index (κ2) is 7.62. The highest BCUT2D eigenvalue weighted by atomic mass is 32.1. The zero-order valence-electron chi connectivity index (χ0n) is 16.1. The minimum Gasteiger partial charge on any atom is -0.330 e. The van der Waals surface area contributed by atoms with Gasteiger partial charge in [0.15, 0.2) is 0 Å². The molecule has 0 saturated heterocycles. The van der Waals surface area contributed by atoms with Crippen LogP contribution in [0.4, 0.5) is 5.82 Å². The van der Waals surface area contributed by atoms with Crippen LogP contribution in [0.5, 0.6) is 0 Å². The predicted octanol–water partition coefficient (Wildman–Crippen LogP) is 3.69. The summed E-state index contributed by atoms with van der Waals surface area (Å²) in [6.45, 7) is 8.85. The number of hydrogen-bond acceptors (Lipinski definition) is 5. The van der Waals surface area contributed by atoms with Gasteiger partial charge in [0.2, 0.25) is 0 Å². The van der Waals surface area contributed by atoms with Crippen molar-refractivity contribution in [2.75, 3.05) is 11.9 Å². The fourth-order valence-electron chi connectivity index (χ4n) is 2.55. The Balaban J connectivity index is 1.94. The van der Waals surface area contributed by atoms with Crippen LogP contribution in [0.25, 0.3) is 5.69 Å². The van der Waals surface area contributed by atoms with E-state index in [1.807, 2.05) is 37.3 Å². The highest BCUT2D eigenvalue weighted by molar-refractivity contribution is 7.09. The second-order valence-electron chi connectivity index (χ2n) is 7.53. The van der Waals surface area contributed by atoms with Gasteiger partial charge in [-0.3, -0.25) is 4.79 Å². The van der Waals surface area contributed by atoms with E-state index in [1.165, 1.54) is 16.9 Å². The third kappa shape index (κ3) is 4.43. The molecule has 0 aliphatic carbocycles. The summed E-state index contributed by atoms with van der Waals surface area (Å²) in [5, 5.41) is 10.3. The Labute approximate surface area is 163 Å². The number of nitrogens with two attached hydrogens (primary N) is 1. The number of aryl methyl sites for hydroxylation is 1. The van der Waals surface area contributed by atoms with E-state index in [-0.39, 0.29) is 11.3 Å². The molecule has 0 spiro atoms. The molecule has 7 heteroatoms. The summed E-state index contributed by atoms with van der Waals surface area (Å²) >= 11 is 1.45. The lowest BCUT2D eigenvalue weighted by atomic mass is 9.92. The Morgan fingerprint density at radius 3 is 2.59 bits per heavy atom. The van der Waals surface area contributed by atoms with Crippen molar-refractivity contribution < 1.29 is 4.79 Å². The number of rotatable bonds is 5. The first-order valence-corrected chi connectivity index (χ1v) is 9.79. The van der Waals surface area contributed by atoms with E-state index in [1.54, 1.807) is 10.1 Å². The zero-order valence-corrected chi connectivity index (χ0v) is 16.9. The van der Waals surface area contributed by atoms with Crippen molar-refractivity contribution in [1.29, 1.82) is 0 Å². The molecular formula is C20H25N5OS. The van der Waals surface area contributed by atoms with Crippen LogP contribution in [0.2, 0.25) is 0 Å². The Kier molecular flexibility index (Phi) is 5.43. The number of thiazole rings is 1. The fourth-order valence-corrected chi connectivity index (χ4v) is 3.35. The molecule has 2 heterocycles. The van der Waals surface area contributed by atoms with Crippen molar-refractivity contribution in [3.8, 4) is 5.69 Å². The summed E-state index contributed by atoms with van der Waals surface area (Å²) in [6.07, 6.45) is 0.674. The minimum absolute atomic E-state index is 0.135. The molecule has 0 bridgehead atoms. The average molecular weight is 384 g/mol. The lowest BCUT2D eigenvalue weighted by molar-refractivity contribution is 0.102. The highest BCUT2D eigenvalue weighted by Crippen LogP contribution is 2.27. The van der Waals surface area contributed by atoms with Gasteiger partial charge in [0.05, 0.1) is 16.4 Å². The van der Waals surface area contributed by atoms with Gasteiger partial charge in [0.25, 0.3) is 5.91 Å². The molecule has 3 rings (SSSR count). The molecule has 0 radical (unpaired) electrons. The monoisotopic (exact) mass is 383 g/mol. The maximum Gasteiger partial charge on any atom is 0.276 e. The van der Waals surface area contributed by atoms with E-state index in [0.717, 1.165) is 16.4 Å². The minimum atomic E-state index is -0.247. The van der Waals surface area contributed by atoms with Crippen LogP contribution in [0, 0.1) is 6.92 Å². The lowest BCUT2D eigenvalue weighted by Crippen LogP contribution is -2.16. The number of carbonyl (C=O) groups excluding carboxylic acids is 1. The van der Waals surface area contributed by atoms with Gasteiger partial charge in [0, 0.05) is 23.3 Å². The average Bonchev–Trinajstić information content (AvgIpc) is 3.23. The van der Waals surface area contributed by atoms with E-state index in [9.17, 15) is 4.79 Å². The molecule has 0 saturated carbocycles. The number of anilines is 1. The Morgan fingerprint density at radius 2 is 1.96 bits per heavy atom. The van der Waals surface area contributed by atoms with Crippen molar-refractivity contribution in [1.82, 2.24) is 14.8 Å². The summed E-state index contributed by atoms with van der Waals surface area (Å²) in [6, 6.07) is 9.96. The van der Waals surface area contributed by atoms with Gasteiger partial charge in [-0.25, -0.2) is 9.67 Å². The summed E-state index contributed by atoms with van der Waals surface area (Å²) in [7, 11) is 0. The molecule has 0 unspecified atom stereocenters. The van der Waals surface area contributed by atoms with Gasteiger partial charge >= 0.3 is 0 Å². The van der Waals surface area contributed by atoms with Crippen molar-refractivity contribution in [3.05, 3.63) is 57.7 Å². The molecule has 142 valence electrons. The quantitative estimate of drug-likeness (QED) is 0.704. The Hall–Kier alpha value is -2.51. The van der Waals surface area contributed by atoms with E-state index in [0.29, 0.717) is 24.5 Å². The maximum absolute atomic E-state index is 12.7. The van der Waals surface area contributed by atoms with Crippen molar-refractivity contribution in [2.24, 2.45) is 5.73 Å². The van der Waals surface area contributed by atoms with Crippen molar-refractivity contribution in [3.63, 3.8) is 0 Å². The van der Waals surface area contributed by atoms with Crippen LogP contribution >= 0.6 is 11.3 Å². The second-order valence-corrected chi connectivity index (χ2v) is 8.47. The Bertz CT molecular complexity index is 934.